The molecule has 2 aromatic rings. The zero-order valence-corrected chi connectivity index (χ0v) is 15.7. The van der Waals surface area contributed by atoms with Gasteiger partial charge in [-0.05, 0) is 55.8 Å². The van der Waals surface area contributed by atoms with Crippen LogP contribution in [-0.2, 0) is 11.2 Å². The van der Waals surface area contributed by atoms with Crippen LogP contribution in [0.3, 0.4) is 0 Å². The highest BCUT2D eigenvalue weighted by Crippen LogP contribution is 2.21. The molecule has 0 saturated heterocycles. The average Bonchev–Trinajstić information content (AvgIpc) is 2.61. The van der Waals surface area contributed by atoms with Crippen LogP contribution in [0.25, 0.3) is 0 Å². The lowest BCUT2D eigenvalue weighted by atomic mass is 10.1. The van der Waals surface area contributed by atoms with Gasteiger partial charge in [0, 0.05) is 17.6 Å². The van der Waals surface area contributed by atoms with Gasteiger partial charge in [-0.15, -0.1) is 0 Å². The van der Waals surface area contributed by atoms with Crippen molar-refractivity contribution in [1.29, 1.82) is 0 Å². The van der Waals surface area contributed by atoms with E-state index in [-0.39, 0.29) is 11.9 Å². The van der Waals surface area contributed by atoms with Crippen LogP contribution in [0.15, 0.2) is 48.5 Å². The quantitative estimate of drug-likeness (QED) is 0.780. The molecule has 0 saturated carbocycles. The summed E-state index contributed by atoms with van der Waals surface area (Å²) in [6.45, 7) is 3.02. The first kappa shape index (κ1) is 19.3. The minimum Gasteiger partial charge on any atom is -0.497 e. The molecule has 1 unspecified atom stereocenters. The number of likely N-dealkylation sites (N-methyl/N-ethyl adjacent to an activating group) is 1. The Hall–Kier alpha value is -2.04. The van der Waals surface area contributed by atoms with E-state index in [0.717, 1.165) is 17.7 Å². The highest BCUT2D eigenvalue weighted by Gasteiger charge is 2.14. The molecular formula is C20H25ClN2O2. The maximum atomic E-state index is 12.1. The molecule has 0 aromatic heterocycles. The Kier molecular flexibility index (Phi) is 7.29. The number of rotatable bonds is 8. The van der Waals surface area contributed by atoms with E-state index in [9.17, 15) is 4.79 Å². The van der Waals surface area contributed by atoms with E-state index in [1.165, 1.54) is 5.56 Å². The smallest absolute Gasteiger partial charge is 0.234 e. The Balaban J connectivity index is 1.77. The highest BCUT2D eigenvalue weighted by atomic mass is 35.5. The number of carbonyl (C=O) groups excluding carboxylic acids is 1. The maximum absolute atomic E-state index is 12.1. The number of halogens is 1. The molecule has 0 spiro atoms. The van der Waals surface area contributed by atoms with Gasteiger partial charge in [0.1, 0.15) is 5.75 Å². The van der Waals surface area contributed by atoms with Crippen LogP contribution in [0.5, 0.6) is 5.75 Å². The molecule has 5 heteroatoms. The third kappa shape index (κ3) is 6.07. The lowest BCUT2D eigenvalue weighted by molar-refractivity contribution is -0.122. The summed E-state index contributed by atoms with van der Waals surface area (Å²) in [6, 6.07) is 15.7. The van der Waals surface area contributed by atoms with Crippen LogP contribution in [0, 0.1) is 0 Å². The first-order valence-corrected chi connectivity index (χ1v) is 8.72. The van der Waals surface area contributed by atoms with E-state index in [1.807, 2.05) is 60.5 Å². The molecule has 1 amide bonds. The van der Waals surface area contributed by atoms with Gasteiger partial charge >= 0.3 is 0 Å². The van der Waals surface area contributed by atoms with Gasteiger partial charge in [-0.25, -0.2) is 0 Å². The minimum atomic E-state index is 0.0184. The highest BCUT2D eigenvalue weighted by molar-refractivity contribution is 6.30. The second kappa shape index (κ2) is 9.44. The molecule has 1 atom stereocenters. The average molecular weight is 361 g/mol. The van der Waals surface area contributed by atoms with E-state index in [4.69, 9.17) is 16.3 Å². The number of ether oxygens (including phenoxy) is 1. The number of nitrogens with zero attached hydrogens (tertiary/aromatic N) is 1. The minimum absolute atomic E-state index is 0.0184. The summed E-state index contributed by atoms with van der Waals surface area (Å²) in [5.41, 5.74) is 2.27. The topological polar surface area (TPSA) is 41.6 Å². The van der Waals surface area contributed by atoms with Crippen LogP contribution in [-0.4, -0.2) is 38.1 Å². The number of hydrogen-bond donors (Lipinski definition) is 1. The van der Waals surface area contributed by atoms with Gasteiger partial charge in [-0.1, -0.05) is 35.9 Å². The van der Waals surface area contributed by atoms with Crippen molar-refractivity contribution < 1.29 is 9.53 Å². The zero-order chi connectivity index (χ0) is 18.2. The van der Waals surface area contributed by atoms with Crippen molar-refractivity contribution in [2.75, 3.05) is 27.2 Å². The number of methoxy groups -OCH3 is 1. The van der Waals surface area contributed by atoms with Crippen molar-refractivity contribution in [1.82, 2.24) is 10.2 Å². The van der Waals surface area contributed by atoms with Gasteiger partial charge < -0.3 is 10.1 Å². The second-order valence-electron chi connectivity index (χ2n) is 6.09. The lowest BCUT2D eigenvalue weighted by Crippen LogP contribution is -2.37. The van der Waals surface area contributed by atoms with Gasteiger partial charge in [0.05, 0.1) is 13.7 Å². The molecular weight excluding hydrogens is 336 g/mol. The first-order chi connectivity index (χ1) is 12.0. The Morgan fingerprint density at radius 2 is 1.96 bits per heavy atom. The molecule has 0 aliphatic heterocycles. The molecule has 2 aromatic carbocycles. The Morgan fingerprint density at radius 3 is 2.60 bits per heavy atom. The molecule has 2 rings (SSSR count). The van der Waals surface area contributed by atoms with Crippen molar-refractivity contribution in [2.24, 2.45) is 0 Å². The number of benzene rings is 2. The van der Waals surface area contributed by atoms with E-state index in [2.05, 4.69) is 12.2 Å². The first-order valence-electron chi connectivity index (χ1n) is 8.35. The second-order valence-corrected chi connectivity index (χ2v) is 6.53. The van der Waals surface area contributed by atoms with E-state index >= 15 is 0 Å². The summed E-state index contributed by atoms with van der Waals surface area (Å²) in [4.78, 5) is 14.2. The molecule has 0 fully saturated rings. The van der Waals surface area contributed by atoms with Crippen LogP contribution >= 0.6 is 11.6 Å². The van der Waals surface area contributed by atoms with Crippen molar-refractivity contribution >= 4 is 17.5 Å². The summed E-state index contributed by atoms with van der Waals surface area (Å²) >= 11 is 6.04. The summed E-state index contributed by atoms with van der Waals surface area (Å²) in [6.07, 6.45) is 0.795. The largest absolute Gasteiger partial charge is 0.497 e. The molecule has 4 nitrogen and oxygen atoms in total. The van der Waals surface area contributed by atoms with Crippen molar-refractivity contribution in [3.05, 3.63) is 64.7 Å². The van der Waals surface area contributed by atoms with Gasteiger partial charge in [0.15, 0.2) is 0 Å². The van der Waals surface area contributed by atoms with E-state index < -0.39 is 0 Å². The lowest BCUT2D eigenvalue weighted by Gasteiger charge is -2.24. The molecule has 0 bridgehead atoms. The number of nitrogens with one attached hydrogen (secondary N) is 1. The van der Waals surface area contributed by atoms with Gasteiger partial charge in [0.2, 0.25) is 5.91 Å². The maximum Gasteiger partial charge on any atom is 0.234 e. The van der Waals surface area contributed by atoms with Crippen LogP contribution in [0.4, 0.5) is 0 Å². The molecule has 25 heavy (non-hydrogen) atoms. The van der Waals surface area contributed by atoms with Crippen molar-refractivity contribution in [2.45, 2.75) is 19.4 Å². The van der Waals surface area contributed by atoms with E-state index in [1.54, 1.807) is 7.11 Å². The molecule has 134 valence electrons. The third-order valence-electron chi connectivity index (χ3n) is 4.28. The molecule has 1 N–H and O–H groups in total. The number of hydrogen-bond acceptors (Lipinski definition) is 3. The van der Waals surface area contributed by atoms with Crippen molar-refractivity contribution in [3.8, 4) is 5.75 Å². The summed E-state index contributed by atoms with van der Waals surface area (Å²) < 4.78 is 5.14. The fourth-order valence-electron chi connectivity index (χ4n) is 2.58. The summed E-state index contributed by atoms with van der Waals surface area (Å²) in [7, 11) is 3.59. The molecule has 0 aliphatic rings. The fraction of sp³-hybridized carbons (Fsp3) is 0.350. The predicted molar refractivity (Wildman–Crippen MR) is 102 cm³/mol. The molecule has 0 radical (unpaired) electrons. The van der Waals surface area contributed by atoms with E-state index in [0.29, 0.717) is 18.1 Å². The predicted octanol–water partition coefficient (Wildman–Crippen LogP) is 3.70. The fourth-order valence-corrected chi connectivity index (χ4v) is 2.78. The normalized spacial score (nSPS) is 12.0. The van der Waals surface area contributed by atoms with Gasteiger partial charge in [-0.3, -0.25) is 9.69 Å². The Morgan fingerprint density at radius 1 is 1.24 bits per heavy atom. The zero-order valence-electron chi connectivity index (χ0n) is 15.0. The third-order valence-corrected chi connectivity index (χ3v) is 4.52. The monoisotopic (exact) mass is 360 g/mol. The SMILES string of the molecule is COc1ccc(CCNC(=O)CN(C)C(C)c2cccc(Cl)c2)cc1. The van der Waals surface area contributed by atoms with Crippen LogP contribution in [0.2, 0.25) is 5.02 Å². The van der Waals surface area contributed by atoms with Gasteiger partial charge in [-0.2, -0.15) is 0 Å². The van der Waals surface area contributed by atoms with Gasteiger partial charge in [0.25, 0.3) is 0 Å². The Bertz CT molecular complexity index is 688. The standard InChI is InChI=1S/C20H25ClN2O2/c1-15(17-5-4-6-18(21)13-17)23(2)14-20(24)22-12-11-16-7-9-19(25-3)10-8-16/h4-10,13,15H,11-12,14H2,1-3H3,(H,22,24). The molecule has 0 aliphatic carbocycles. The number of amides is 1. The summed E-state index contributed by atoms with van der Waals surface area (Å²) in [5.74, 6) is 0.856. The van der Waals surface area contributed by atoms with Crippen LogP contribution < -0.4 is 10.1 Å². The van der Waals surface area contributed by atoms with Crippen molar-refractivity contribution in [3.63, 3.8) is 0 Å². The molecule has 0 heterocycles. The number of carbonyl (C=O) groups is 1. The van der Waals surface area contributed by atoms with Crippen LogP contribution in [0.1, 0.15) is 24.1 Å². The Labute approximate surface area is 154 Å². The summed E-state index contributed by atoms with van der Waals surface area (Å²) in [5, 5.41) is 3.68.